The van der Waals surface area contributed by atoms with Crippen molar-refractivity contribution in [2.75, 3.05) is 0 Å². The lowest BCUT2D eigenvalue weighted by Gasteiger charge is -2.01. The fourth-order valence-corrected chi connectivity index (χ4v) is 1.56. The zero-order valence-corrected chi connectivity index (χ0v) is 8.15. The van der Waals surface area contributed by atoms with Crippen LogP contribution in [0.25, 0.3) is 5.69 Å². The summed E-state index contributed by atoms with van der Waals surface area (Å²) in [6.07, 6.45) is 3.55. The van der Waals surface area contributed by atoms with Crippen molar-refractivity contribution in [2.24, 2.45) is 5.14 Å². The minimum Gasteiger partial charge on any atom is -0.248 e. The third kappa shape index (κ3) is 1.73. The van der Waals surface area contributed by atoms with E-state index in [-0.39, 0.29) is 0 Å². The normalized spacial score (nSPS) is 12.6. The predicted octanol–water partition coefficient (Wildman–Crippen LogP) is 0.854. The highest BCUT2D eigenvalue weighted by molar-refractivity contribution is 7.82. The minimum absolute atomic E-state index is 0.612. The molecule has 1 heterocycles. The molecule has 0 fully saturated rings. The van der Waals surface area contributed by atoms with Crippen LogP contribution < -0.4 is 5.14 Å². The molecular formula is C9H9N3OS. The maximum absolute atomic E-state index is 10.9. The molecule has 1 atom stereocenters. The zero-order valence-electron chi connectivity index (χ0n) is 7.33. The van der Waals surface area contributed by atoms with Crippen molar-refractivity contribution in [3.8, 4) is 5.69 Å². The molecule has 0 radical (unpaired) electrons. The summed E-state index contributed by atoms with van der Waals surface area (Å²) in [7, 11) is -1.41. The van der Waals surface area contributed by atoms with Gasteiger partial charge in [-0.1, -0.05) is 0 Å². The first-order valence-electron chi connectivity index (χ1n) is 4.03. The smallest absolute Gasteiger partial charge is 0.122 e. The SMILES string of the molecule is NS(=O)c1ccc(-n2cccn2)cc1. The molecule has 72 valence electrons. The van der Waals surface area contributed by atoms with Crippen molar-refractivity contribution in [3.05, 3.63) is 42.7 Å². The Morgan fingerprint density at radius 2 is 2.00 bits per heavy atom. The summed E-state index contributed by atoms with van der Waals surface area (Å²) in [6, 6.07) is 8.95. The Labute approximate surface area is 83.9 Å². The van der Waals surface area contributed by atoms with E-state index in [0.29, 0.717) is 4.90 Å². The summed E-state index contributed by atoms with van der Waals surface area (Å²) in [4.78, 5) is 0.612. The van der Waals surface area contributed by atoms with E-state index in [1.165, 1.54) is 0 Å². The summed E-state index contributed by atoms with van der Waals surface area (Å²) < 4.78 is 12.6. The zero-order chi connectivity index (χ0) is 9.97. The molecule has 2 N–H and O–H groups in total. The molecule has 0 spiro atoms. The molecule has 4 nitrogen and oxygen atoms in total. The minimum atomic E-state index is -1.41. The largest absolute Gasteiger partial charge is 0.248 e. The molecule has 0 aliphatic heterocycles. The molecular weight excluding hydrogens is 198 g/mol. The Balaban J connectivity index is 2.36. The van der Waals surface area contributed by atoms with Gasteiger partial charge in [-0.2, -0.15) is 5.10 Å². The van der Waals surface area contributed by atoms with Crippen LogP contribution in [0.5, 0.6) is 0 Å². The average Bonchev–Trinajstić information content (AvgIpc) is 2.71. The van der Waals surface area contributed by atoms with Crippen molar-refractivity contribution < 1.29 is 4.21 Å². The first-order valence-corrected chi connectivity index (χ1v) is 5.25. The molecule has 1 aromatic carbocycles. The fourth-order valence-electron chi connectivity index (χ4n) is 1.15. The molecule has 0 bridgehead atoms. The quantitative estimate of drug-likeness (QED) is 0.793. The molecule has 2 aromatic rings. The molecule has 5 heteroatoms. The number of nitrogens with two attached hydrogens (primary N) is 1. The van der Waals surface area contributed by atoms with E-state index in [1.54, 1.807) is 23.0 Å². The Morgan fingerprint density at radius 3 is 2.50 bits per heavy atom. The molecule has 0 saturated heterocycles. The molecule has 14 heavy (non-hydrogen) atoms. The van der Waals surface area contributed by atoms with Gasteiger partial charge in [-0.25, -0.2) is 14.0 Å². The van der Waals surface area contributed by atoms with Gasteiger partial charge < -0.3 is 0 Å². The molecule has 0 aliphatic rings. The number of hydrogen-bond acceptors (Lipinski definition) is 2. The summed E-state index contributed by atoms with van der Waals surface area (Å²) in [5, 5.41) is 9.30. The van der Waals surface area contributed by atoms with E-state index in [9.17, 15) is 4.21 Å². The van der Waals surface area contributed by atoms with Crippen LogP contribution in [0.2, 0.25) is 0 Å². The van der Waals surface area contributed by atoms with Gasteiger partial charge in [0.2, 0.25) is 0 Å². The van der Waals surface area contributed by atoms with E-state index < -0.39 is 11.0 Å². The maximum atomic E-state index is 10.9. The van der Waals surface area contributed by atoms with Gasteiger partial charge in [0.15, 0.2) is 0 Å². The highest BCUT2D eigenvalue weighted by Crippen LogP contribution is 2.09. The average molecular weight is 207 g/mol. The fraction of sp³-hybridized carbons (Fsp3) is 0. The van der Waals surface area contributed by atoms with Crippen molar-refractivity contribution in [1.82, 2.24) is 9.78 Å². The lowest BCUT2D eigenvalue weighted by molar-refractivity contribution is 0.684. The number of nitrogens with zero attached hydrogens (tertiary/aromatic N) is 2. The van der Waals surface area contributed by atoms with Crippen molar-refractivity contribution >= 4 is 11.0 Å². The summed E-state index contributed by atoms with van der Waals surface area (Å²) >= 11 is 0. The second-order valence-corrected chi connectivity index (χ2v) is 3.81. The van der Waals surface area contributed by atoms with Crippen LogP contribution in [0.4, 0.5) is 0 Å². The van der Waals surface area contributed by atoms with Gasteiger partial charge in [-0.05, 0) is 30.3 Å². The third-order valence-corrected chi connectivity index (χ3v) is 2.57. The third-order valence-electron chi connectivity index (χ3n) is 1.84. The van der Waals surface area contributed by atoms with E-state index in [4.69, 9.17) is 5.14 Å². The standard InChI is InChI=1S/C9H9N3OS/c10-14(13)9-4-2-8(3-5-9)12-7-1-6-11-12/h1-7H,10H2. The Hall–Kier alpha value is -1.46. The van der Waals surface area contributed by atoms with Crippen LogP contribution in [-0.2, 0) is 11.0 Å². The highest BCUT2D eigenvalue weighted by Gasteiger charge is 1.99. The summed E-state index contributed by atoms with van der Waals surface area (Å²) in [5.41, 5.74) is 0.921. The lowest BCUT2D eigenvalue weighted by atomic mass is 10.3. The second-order valence-electron chi connectivity index (χ2n) is 2.74. The first-order chi connectivity index (χ1) is 6.77. The van der Waals surface area contributed by atoms with Crippen molar-refractivity contribution in [3.63, 3.8) is 0 Å². The first kappa shape index (κ1) is 9.11. The number of aromatic nitrogens is 2. The lowest BCUT2D eigenvalue weighted by Crippen LogP contribution is -2.02. The van der Waals surface area contributed by atoms with Gasteiger partial charge >= 0.3 is 0 Å². The number of benzene rings is 1. The summed E-state index contributed by atoms with van der Waals surface area (Å²) in [6.45, 7) is 0. The van der Waals surface area contributed by atoms with Gasteiger partial charge in [0.25, 0.3) is 0 Å². The Kier molecular flexibility index (Phi) is 2.43. The molecule has 1 unspecified atom stereocenters. The van der Waals surface area contributed by atoms with Gasteiger partial charge in [0.05, 0.1) is 10.6 Å². The second kappa shape index (κ2) is 3.73. The van der Waals surface area contributed by atoms with E-state index in [1.807, 2.05) is 24.4 Å². The number of rotatable bonds is 2. The van der Waals surface area contributed by atoms with E-state index >= 15 is 0 Å². The molecule has 0 saturated carbocycles. The predicted molar refractivity (Wildman–Crippen MR) is 54.2 cm³/mol. The van der Waals surface area contributed by atoms with Gasteiger partial charge in [0, 0.05) is 12.4 Å². The monoisotopic (exact) mass is 207 g/mol. The van der Waals surface area contributed by atoms with Crippen molar-refractivity contribution in [2.45, 2.75) is 4.90 Å². The Bertz CT molecular complexity index is 436. The molecule has 1 aromatic heterocycles. The molecule has 2 rings (SSSR count). The van der Waals surface area contributed by atoms with Gasteiger partial charge in [0.1, 0.15) is 11.0 Å². The van der Waals surface area contributed by atoms with Crippen LogP contribution in [0, 0.1) is 0 Å². The van der Waals surface area contributed by atoms with E-state index in [2.05, 4.69) is 5.10 Å². The highest BCUT2D eigenvalue weighted by atomic mass is 32.2. The molecule has 0 amide bonds. The van der Waals surface area contributed by atoms with Crippen LogP contribution in [0.1, 0.15) is 0 Å². The number of hydrogen-bond donors (Lipinski definition) is 1. The topological polar surface area (TPSA) is 60.9 Å². The van der Waals surface area contributed by atoms with Crippen LogP contribution in [0.15, 0.2) is 47.6 Å². The van der Waals surface area contributed by atoms with Crippen LogP contribution in [-0.4, -0.2) is 14.0 Å². The van der Waals surface area contributed by atoms with Crippen LogP contribution >= 0.6 is 0 Å². The maximum Gasteiger partial charge on any atom is 0.122 e. The van der Waals surface area contributed by atoms with Crippen LogP contribution in [0.3, 0.4) is 0 Å². The van der Waals surface area contributed by atoms with Crippen molar-refractivity contribution in [1.29, 1.82) is 0 Å². The van der Waals surface area contributed by atoms with Gasteiger partial charge in [-0.15, -0.1) is 0 Å². The Morgan fingerprint density at radius 1 is 1.29 bits per heavy atom. The summed E-state index contributed by atoms with van der Waals surface area (Å²) in [5.74, 6) is 0. The van der Waals surface area contributed by atoms with E-state index in [0.717, 1.165) is 5.69 Å². The van der Waals surface area contributed by atoms with Gasteiger partial charge in [-0.3, -0.25) is 0 Å². The molecule has 0 aliphatic carbocycles.